The maximum Gasteiger partial charge on any atom is 0.274 e. The second-order valence-electron chi connectivity index (χ2n) is 4.68. The first-order valence-corrected chi connectivity index (χ1v) is 7.44. The quantitative estimate of drug-likeness (QED) is 0.878. The molecule has 100 valence electrons. The van der Waals surface area contributed by atoms with Crippen LogP contribution in [0.5, 0.6) is 0 Å². The minimum Gasteiger partial charge on any atom is -0.351 e. The van der Waals surface area contributed by atoms with Gasteiger partial charge in [0.15, 0.2) is 0 Å². The zero-order valence-electron chi connectivity index (χ0n) is 10.4. The third-order valence-corrected chi connectivity index (χ3v) is 4.42. The van der Waals surface area contributed by atoms with E-state index < -0.39 is 0 Å². The number of rotatable bonds is 3. The lowest BCUT2D eigenvalue weighted by atomic mass is 10.2. The SMILES string of the molecule is O=C(Cn1[nH]c2ccccc2c1=O)NC1CCSC1. The number of para-hydroxylation sites is 1. The first kappa shape index (κ1) is 12.3. The molecule has 6 heteroatoms. The zero-order valence-corrected chi connectivity index (χ0v) is 11.2. The van der Waals surface area contributed by atoms with Gasteiger partial charge < -0.3 is 5.32 Å². The summed E-state index contributed by atoms with van der Waals surface area (Å²) in [5.74, 6) is 1.95. The molecule has 1 fully saturated rings. The van der Waals surface area contributed by atoms with Crippen molar-refractivity contribution in [1.29, 1.82) is 0 Å². The third kappa shape index (κ3) is 2.53. The van der Waals surface area contributed by atoms with Crippen molar-refractivity contribution >= 4 is 28.6 Å². The van der Waals surface area contributed by atoms with Gasteiger partial charge in [-0.25, -0.2) is 4.68 Å². The molecule has 0 radical (unpaired) electrons. The highest BCUT2D eigenvalue weighted by atomic mass is 32.2. The second-order valence-corrected chi connectivity index (χ2v) is 5.83. The van der Waals surface area contributed by atoms with Crippen LogP contribution in [0, 0.1) is 0 Å². The molecule has 0 aliphatic carbocycles. The number of carbonyl (C=O) groups excluding carboxylic acids is 1. The summed E-state index contributed by atoms with van der Waals surface area (Å²) < 4.78 is 1.36. The van der Waals surface area contributed by atoms with Crippen molar-refractivity contribution in [2.24, 2.45) is 0 Å². The van der Waals surface area contributed by atoms with Gasteiger partial charge in [0, 0.05) is 11.8 Å². The molecule has 1 aromatic carbocycles. The van der Waals surface area contributed by atoms with Crippen molar-refractivity contribution in [3.63, 3.8) is 0 Å². The van der Waals surface area contributed by atoms with Crippen LogP contribution >= 0.6 is 11.8 Å². The molecule has 19 heavy (non-hydrogen) atoms. The van der Waals surface area contributed by atoms with E-state index in [4.69, 9.17) is 0 Å². The summed E-state index contributed by atoms with van der Waals surface area (Å²) in [6, 6.07) is 7.52. The van der Waals surface area contributed by atoms with Gasteiger partial charge in [-0.2, -0.15) is 11.8 Å². The molecule has 1 amide bonds. The van der Waals surface area contributed by atoms with Crippen LogP contribution in [-0.4, -0.2) is 33.2 Å². The Morgan fingerprint density at radius 3 is 3.05 bits per heavy atom. The van der Waals surface area contributed by atoms with Gasteiger partial charge in [0.1, 0.15) is 6.54 Å². The van der Waals surface area contributed by atoms with Crippen molar-refractivity contribution in [1.82, 2.24) is 15.1 Å². The van der Waals surface area contributed by atoms with E-state index in [-0.39, 0.29) is 24.1 Å². The number of H-pyrrole nitrogens is 1. The van der Waals surface area contributed by atoms with Crippen molar-refractivity contribution < 1.29 is 4.79 Å². The summed E-state index contributed by atoms with van der Waals surface area (Å²) in [5.41, 5.74) is 0.614. The van der Waals surface area contributed by atoms with E-state index in [1.807, 2.05) is 30.0 Å². The van der Waals surface area contributed by atoms with Crippen LogP contribution in [0.4, 0.5) is 0 Å². The lowest BCUT2D eigenvalue weighted by Crippen LogP contribution is -2.38. The van der Waals surface area contributed by atoms with Crippen molar-refractivity contribution in [3.05, 3.63) is 34.6 Å². The maximum atomic E-state index is 12.0. The molecule has 1 atom stereocenters. The lowest BCUT2D eigenvalue weighted by molar-refractivity contribution is -0.122. The topological polar surface area (TPSA) is 66.9 Å². The van der Waals surface area contributed by atoms with E-state index in [0.29, 0.717) is 5.39 Å². The number of thioether (sulfide) groups is 1. The minimum atomic E-state index is -0.147. The number of carbonyl (C=O) groups is 1. The molecule has 1 unspecified atom stereocenters. The number of aromatic amines is 1. The number of amides is 1. The van der Waals surface area contributed by atoms with Crippen LogP contribution in [0.3, 0.4) is 0 Å². The van der Waals surface area contributed by atoms with Crippen molar-refractivity contribution in [2.75, 3.05) is 11.5 Å². The van der Waals surface area contributed by atoms with Crippen molar-refractivity contribution in [3.8, 4) is 0 Å². The van der Waals surface area contributed by atoms with E-state index in [1.165, 1.54) is 4.68 Å². The van der Waals surface area contributed by atoms with E-state index in [9.17, 15) is 9.59 Å². The average molecular weight is 277 g/mol. The summed E-state index contributed by atoms with van der Waals surface area (Å²) in [5, 5.41) is 6.53. The first-order chi connectivity index (χ1) is 9.24. The van der Waals surface area contributed by atoms with Gasteiger partial charge in [0.05, 0.1) is 10.9 Å². The predicted octanol–water partition coefficient (Wildman–Crippen LogP) is 0.951. The van der Waals surface area contributed by atoms with Crippen LogP contribution < -0.4 is 10.9 Å². The van der Waals surface area contributed by atoms with E-state index >= 15 is 0 Å². The van der Waals surface area contributed by atoms with Crippen LogP contribution in [0.2, 0.25) is 0 Å². The van der Waals surface area contributed by atoms with Gasteiger partial charge >= 0.3 is 0 Å². The summed E-state index contributed by atoms with van der Waals surface area (Å²) in [6.07, 6.45) is 1.01. The Hall–Kier alpha value is -1.69. The standard InChI is InChI=1S/C13H15N3O2S/c17-12(14-9-5-6-19-8-9)7-16-13(18)10-3-1-2-4-11(10)15-16/h1-4,9,15H,5-8H2,(H,14,17). The summed E-state index contributed by atoms with van der Waals surface area (Å²) >= 11 is 1.85. The van der Waals surface area contributed by atoms with E-state index in [1.54, 1.807) is 6.07 Å². The Balaban J connectivity index is 1.75. The fraction of sp³-hybridized carbons (Fsp3) is 0.385. The Bertz CT molecular complexity index is 655. The Kier molecular flexibility index (Phi) is 3.33. The number of benzene rings is 1. The fourth-order valence-corrected chi connectivity index (χ4v) is 3.44. The van der Waals surface area contributed by atoms with Gasteiger partial charge in [-0.15, -0.1) is 0 Å². The molecule has 0 bridgehead atoms. The minimum absolute atomic E-state index is 0.0503. The summed E-state index contributed by atoms with van der Waals surface area (Å²) in [6.45, 7) is 0.0503. The smallest absolute Gasteiger partial charge is 0.274 e. The van der Waals surface area contributed by atoms with E-state index in [0.717, 1.165) is 23.4 Å². The lowest BCUT2D eigenvalue weighted by Gasteiger charge is -2.10. The second kappa shape index (κ2) is 5.13. The largest absolute Gasteiger partial charge is 0.351 e. The molecule has 2 aromatic rings. The monoisotopic (exact) mass is 277 g/mol. The molecular weight excluding hydrogens is 262 g/mol. The number of hydrogen-bond donors (Lipinski definition) is 2. The molecule has 2 heterocycles. The molecule has 5 nitrogen and oxygen atoms in total. The Morgan fingerprint density at radius 1 is 1.47 bits per heavy atom. The molecule has 0 saturated carbocycles. The van der Waals surface area contributed by atoms with Gasteiger partial charge in [-0.1, -0.05) is 12.1 Å². The zero-order chi connectivity index (χ0) is 13.2. The molecule has 3 rings (SSSR count). The highest BCUT2D eigenvalue weighted by Crippen LogP contribution is 2.16. The predicted molar refractivity (Wildman–Crippen MR) is 76.4 cm³/mol. The maximum absolute atomic E-state index is 12.0. The number of nitrogens with zero attached hydrogens (tertiary/aromatic N) is 1. The molecule has 1 aliphatic heterocycles. The van der Waals surface area contributed by atoms with Crippen LogP contribution in [-0.2, 0) is 11.3 Å². The number of fused-ring (bicyclic) bond motifs is 1. The van der Waals surface area contributed by atoms with Crippen LogP contribution in [0.1, 0.15) is 6.42 Å². The van der Waals surface area contributed by atoms with Gasteiger partial charge in [-0.3, -0.25) is 14.7 Å². The number of aromatic nitrogens is 2. The highest BCUT2D eigenvalue weighted by Gasteiger charge is 2.18. The van der Waals surface area contributed by atoms with Crippen LogP contribution in [0.15, 0.2) is 29.1 Å². The van der Waals surface area contributed by atoms with Crippen LogP contribution in [0.25, 0.3) is 10.9 Å². The highest BCUT2D eigenvalue weighted by molar-refractivity contribution is 7.99. The first-order valence-electron chi connectivity index (χ1n) is 6.29. The molecule has 2 N–H and O–H groups in total. The molecule has 1 aliphatic rings. The van der Waals surface area contributed by atoms with Gasteiger partial charge in [0.2, 0.25) is 5.91 Å². The third-order valence-electron chi connectivity index (χ3n) is 3.25. The Labute approximate surface area is 114 Å². The summed E-state index contributed by atoms with van der Waals surface area (Å²) in [4.78, 5) is 23.9. The molecular formula is C13H15N3O2S. The van der Waals surface area contributed by atoms with Crippen molar-refractivity contribution in [2.45, 2.75) is 19.0 Å². The molecule has 0 spiro atoms. The number of hydrogen-bond acceptors (Lipinski definition) is 3. The average Bonchev–Trinajstić information content (AvgIpc) is 3.00. The molecule has 1 aromatic heterocycles. The van der Waals surface area contributed by atoms with E-state index in [2.05, 4.69) is 10.4 Å². The molecule has 1 saturated heterocycles. The summed E-state index contributed by atoms with van der Waals surface area (Å²) in [7, 11) is 0. The number of nitrogens with one attached hydrogen (secondary N) is 2. The van der Waals surface area contributed by atoms with Gasteiger partial charge in [0.25, 0.3) is 5.56 Å². The normalized spacial score (nSPS) is 18.8. The Morgan fingerprint density at radius 2 is 2.32 bits per heavy atom. The van der Waals surface area contributed by atoms with Gasteiger partial charge in [-0.05, 0) is 24.3 Å². The fourth-order valence-electron chi connectivity index (χ4n) is 2.29.